The number of nitrogens with zero attached hydrogens (tertiary/aromatic N) is 2. The van der Waals surface area contributed by atoms with E-state index in [0.717, 1.165) is 5.56 Å². The van der Waals surface area contributed by atoms with Crippen LogP contribution in [0, 0.1) is 0 Å². The van der Waals surface area contributed by atoms with Gasteiger partial charge in [-0.05, 0) is 63.1 Å². The minimum atomic E-state index is -0.747. The van der Waals surface area contributed by atoms with Gasteiger partial charge in [0.25, 0.3) is 5.56 Å². The maximum Gasteiger partial charge on any atom is 0.338 e. The predicted octanol–water partition coefficient (Wildman–Crippen LogP) is 4.25. The van der Waals surface area contributed by atoms with E-state index in [4.69, 9.17) is 25.8 Å². The number of halogens is 1. The van der Waals surface area contributed by atoms with Crippen molar-refractivity contribution in [1.82, 2.24) is 4.57 Å². The number of ether oxygens (including phenoxy) is 3. The Morgan fingerprint density at radius 2 is 1.81 bits per heavy atom. The van der Waals surface area contributed by atoms with E-state index in [2.05, 4.69) is 4.99 Å². The summed E-state index contributed by atoms with van der Waals surface area (Å²) in [6.07, 6.45) is 1.75. The number of aromatic nitrogens is 1. The molecule has 1 aliphatic heterocycles. The summed E-state index contributed by atoms with van der Waals surface area (Å²) in [5, 5.41) is 0.538. The number of thiazole rings is 1. The largest absolute Gasteiger partial charge is 0.490 e. The van der Waals surface area contributed by atoms with E-state index < -0.39 is 12.0 Å². The van der Waals surface area contributed by atoms with Crippen molar-refractivity contribution in [2.45, 2.75) is 33.7 Å². The number of carbonyl (C=O) groups excluding carboxylic acids is 1. The molecule has 1 aromatic heterocycles. The van der Waals surface area contributed by atoms with Crippen LogP contribution in [-0.4, -0.2) is 30.4 Å². The Morgan fingerprint density at radius 1 is 1.08 bits per heavy atom. The Balaban J connectivity index is 1.97. The van der Waals surface area contributed by atoms with Crippen molar-refractivity contribution in [2.75, 3.05) is 19.8 Å². The van der Waals surface area contributed by atoms with Gasteiger partial charge in [-0.25, -0.2) is 9.79 Å². The van der Waals surface area contributed by atoms with Crippen LogP contribution in [-0.2, 0) is 9.53 Å². The molecule has 4 rings (SSSR count). The summed E-state index contributed by atoms with van der Waals surface area (Å²) in [4.78, 5) is 31.9. The minimum absolute atomic E-state index is 0.201. The number of benzene rings is 2. The standard InChI is InChI=1S/C27H27ClN2O5S/c1-5-33-20-13-12-18(14-21(20)34-6-2)24-23(26(32)35-7-3)16(4)29-27-30(24)25(31)22(36-27)15-17-10-8-9-11-19(17)28/h8-15,24H,5-7H2,1-4H3. The third-order valence-electron chi connectivity index (χ3n) is 5.59. The number of carbonyl (C=O) groups is 1. The molecule has 0 amide bonds. The Labute approximate surface area is 217 Å². The number of rotatable bonds is 8. The Morgan fingerprint density at radius 3 is 2.50 bits per heavy atom. The van der Waals surface area contributed by atoms with Gasteiger partial charge in [0.15, 0.2) is 16.3 Å². The molecular formula is C27H27ClN2O5S. The topological polar surface area (TPSA) is 79.1 Å². The van der Waals surface area contributed by atoms with Crippen LogP contribution in [0.2, 0.25) is 5.02 Å². The molecule has 3 aromatic rings. The first-order valence-corrected chi connectivity index (χ1v) is 12.9. The van der Waals surface area contributed by atoms with Gasteiger partial charge in [-0.1, -0.05) is 47.2 Å². The van der Waals surface area contributed by atoms with E-state index in [1.165, 1.54) is 15.9 Å². The molecule has 36 heavy (non-hydrogen) atoms. The number of fused-ring (bicyclic) bond motifs is 1. The molecule has 1 unspecified atom stereocenters. The molecular weight excluding hydrogens is 500 g/mol. The maximum atomic E-state index is 13.7. The molecule has 188 valence electrons. The van der Waals surface area contributed by atoms with Crippen LogP contribution in [0.15, 0.2) is 63.5 Å². The first-order valence-electron chi connectivity index (χ1n) is 11.7. The molecule has 1 atom stereocenters. The first kappa shape index (κ1) is 25.7. The van der Waals surface area contributed by atoms with Crippen molar-refractivity contribution in [2.24, 2.45) is 4.99 Å². The van der Waals surface area contributed by atoms with E-state index in [1.54, 1.807) is 32.1 Å². The van der Waals surface area contributed by atoms with Crippen molar-refractivity contribution in [3.63, 3.8) is 0 Å². The SMILES string of the molecule is CCOC(=O)C1=C(C)N=c2sc(=Cc3ccccc3Cl)c(=O)n2C1c1ccc(OCC)c(OCC)c1. The highest BCUT2D eigenvalue weighted by atomic mass is 35.5. The molecule has 2 aromatic carbocycles. The first-order chi connectivity index (χ1) is 17.4. The monoisotopic (exact) mass is 526 g/mol. The highest BCUT2D eigenvalue weighted by molar-refractivity contribution is 7.07. The van der Waals surface area contributed by atoms with Crippen molar-refractivity contribution in [3.05, 3.63) is 89.6 Å². The lowest BCUT2D eigenvalue weighted by molar-refractivity contribution is -0.139. The zero-order valence-electron chi connectivity index (χ0n) is 20.5. The van der Waals surface area contributed by atoms with Gasteiger partial charge < -0.3 is 14.2 Å². The average Bonchev–Trinajstić information content (AvgIpc) is 3.15. The van der Waals surface area contributed by atoms with Crippen LogP contribution in [0.1, 0.15) is 44.9 Å². The number of allylic oxidation sites excluding steroid dienone is 1. The van der Waals surface area contributed by atoms with Gasteiger partial charge >= 0.3 is 5.97 Å². The molecule has 9 heteroatoms. The minimum Gasteiger partial charge on any atom is -0.490 e. The fourth-order valence-corrected chi connectivity index (χ4v) is 5.31. The van der Waals surface area contributed by atoms with Gasteiger partial charge in [-0.15, -0.1) is 0 Å². The highest BCUT2D eigenvalue weighted by Crippen LogP contribution is 2.36. The molecule has 0 aliphatic carbocycles. The second-order valence-electron chi connectivity index (χ2n) is 7.90. The lowest BCUT2D eigenvalue weighted by Crippen LogP contribution is -2.40. The lowest BCUT2D eigenvalue weighted by Gasteiger charge is -2.25. The van der Waals surface area contributed by atoms with E-state index in [1.807, 2.05) is 44.2 Å². The van der Waals surface area contributed by atoms with Gasteiger partial charge in [0, 0.05) is 5.02 Å². The summed E-state index contributed by atoms with van der Waals surface area (Å²) in [7, 11) is 0. The normalized spacial score (nSPS) is 15.4. The molecule has 0 saturated heterocycles. The van der Waals surface area contributed by atoms with E-state index in [-0.39, 0.29) is 12.2 Å². The fraction of sp³-hybridized carbons (Fsp3) is 0.296. The Kier molecular flexibility index (Phi) is 7.96. The summed E-state index contributed by atoms with van der Waals surface area (Å²) < 4.78 is 18.9. The van der Waals surface area contributed by atoms with E-state index >= 15 is 0 Å². The number of esters is 1. The number of hydrogen-bond acceptors (Lipinski definition) is 7. The number of hydrogen-bond donors (Lipinski definition) is 0. The summed E-state index contributed by atoms with van der Waals surface area (Å²) >= 11 is 7.58. The van der Waals surface area contributed by atoms with Gasteiger partial charge in [0.2, 0.25) is 0 Å². The summed E-state index contributed by atoms with van der Waals surface area (Å²) in [5.41, 5.74) is 1.94. The molecule has 2 heterocycles. The van der Waals surface area contributed by atoms with Crippen LogP contribution >= 0.6 is 22.9 Å². The molecule has 0 spiro atoms. The third-order valence-corrected chi connectivity index (χ3v) is 6.92. The molecule has 1 aliphatic rings. The van der Waals surface area contributed by atoms with Crippen LogP contribution in [0.3, 0.4) is 0 Å². The van der Waals surface area contributed by atoms with E-state index in [9.17, 15) is 9.59 Å². The summed E-state index contributed by atoms with van der Waals surface area (Å²) in [6.45, 7) is 8.38. The summed E-state index contributed by atoms with van der Waals surface area (Å²) in [5.74, 6) is 0.608. The van der Waals surface area contributed by atoms with Crippen LogP contribution in [0.4, 0.5) is 0 Å². The van der Waals surface area contributed by atoms with Gasteiger partial charge in [-0.2, -0.15) is 0 Å². The van der Waals surface area contributed by atoms with Crippen LogP contribution in [0.5, 0.6) is 11.5 Å². The molecule has 0 N–H and O–H groups in total. The molecule has 0 bridgehead atoms. The average molecular weight is 527 g/mol. The lowest BCUT2D eigenvalue weighted by atomic mass is 9.95. The zero-order valence-corrected chi connectivity index (χ0v) is 22.1. The summed E-state index contributed by atoms with van der Waals surface area (Å²) in [6, 6.07) is 12.0. The Bertz CT molecular complexity index is 1510. The van der Waals surface area contributed by atoms with Crippen molar-refractivity contribution in [3.8, 4) is 11.5 Å². The molecule has 7 nitrogen and oxygen atoms in total. The van der Waals surface area contributed by atoms with Gasteiger partial charge in [0.1, 0.15) is 0 Å². The van der Waals surface area contributed by atoms with Crippen molar-refractivity contribution >= 4 is 35.0 Å². The predicted molar refractivity (Wildman–Crippen MR) is 141 cm³/mol. The zero-order chi connectivity index (χ0) is 25.8. The van der Waals surface area contributed by atoms with Gasteiger partial charge in [0.05, 0.1) is 41.7 Å². The smallest absolute Gasteiger partial charge is 0.338 e. The molecule has 0 saturated carbocycles. The van der Waals surface area contributed by atoms with Gasteiger partial charge in [-0.3, -0.25) is 9.36 Å². The van der Waals surface area contributed by atoms with Crippen LogP contribution < -0.4 is 24.4 Å². The third kappa shape index (κ3) is 4.96. The molecule has 0 fully saturated rings. The van der Waals surface area contributed by atoms with Crippen molar-refractivity contribution in [1.29, 1.82) is 0 Å². The fourth-order valence-electron chi connectivity index (χ4n) is 4.08. The highest BCUT2D eigenvalue weighted by Gasteiger charge is 2.34. The van der Waals surface area contributed by atoms with Crippen LogP contribution in [0.25, 0.3) is 6.08 Å². The second-order valence-corrected chi connectivity index (χ2v) is 9.31. The quantitative estimate of drug-likeness (QED) is 0.410. The molecule has 0 radical (unpaired) electrons. The Hall–Kier alpha value is -3.36. The van der Waals surface area contributed by atoms with E-state index in [0.29, 0.717) is 55.9 Å². The second kappa shape index (κ2) is 11.1. The maximum absolute atomic E-state index is 13.7. The van der Waals surface area contributed by atoms with Crippen molar-refractivity contribution < 1.29 is 19.0 Å².